The second-order valence-corrected chi connectivity index (χ2v) is 5.38. The summed E-state index contributed by atoms with van der Waals surface area (Å²) in [5, 5.41) is 3.30. The van der Waals surface area contributed by atoms with Crippen molar-refractivity contribution in [2.75, 3.05) is 5.32 Å². The van der Waals surface area contributed by atoms with Crippen LogP contribution in [0.15, 0.2) is 42.5 Å². The summed E-state index contributed by atoms with van der Waals surface area (Å²) in [6, 6.07) is 11.7. The minimum Gasteiger partial charge on any atom is -0.331 e. The van der Waals surface area contributed by atoms with Gasteiger partial charge in [0.1, 0.15) is 5.82 Å². The van der Waals surface area contributed by atoms with Gasteiger partial charge in [0.25, 0.3) is 5.91 Å². The molecule has 3 N–H and O–H groups in total. The number of nitrogens with one attached hydrogen (secondary N) is 3. The molecule has 23 heavy (non-hydrogen) atoms. The predicted molar refractivity (Wildman–Crippen MR) is 93.8 cm³/mol. The number of benzene rings is 2. The molecule has 0 saturated heterocycles. The van der Waals surface area contributed by atoms with Gasteiger partial charge in [-0.15, -0.1) is 0 Å². The first-order chi connectivity index (χ1) is 11.0. The van der Waals surface area contributed by atoms with Gasteiger partial charge in [-0.2, -0.15) is 0 Å². The number of amides is 1. The summed E-state index contributed by atoms with van der Waals surface area (Å²) in [6.45, 7) is 4.03. The highest BCUT2D eigenvalue weighted by atomic mass is 32.1. The number of carbonyl (C=O) groups is 1. The number of hydrogen-bond acceptors (Lipinski definition) is 2. The second-order valence-electron chi connectivity index (χ2n) is 4.98. The van der Waals surface area contributed by atoms with E-state index in [-0.39, 0.29) is 10.7 Å². The van der Waals surface area contributed by atoms with Crippen molar-refractivity contribution in [2.24, 2.45) is 0 Å². The molecular weight excluding hydrogens is 313 g/mol. The average Bonchev–Trinajstić information content (AvgIpc) is 2.55. The minimum atomic E-state index is -0.590. The first-order valence-electron chi connectivity index (χ1n) is 7.23. The van der Waals surface area contributed by atoms with E-state index in [4.69, 9.17) is 12.2 Å². The van der Waals surface area contributed by atoms with Crippen LogP contribution in [0.4, 0.5) is 10.1 Å². The van der Waals surface area contributed by atoms with Crippen molar-refractivity contribution in [3.63, 3.8) is 0 Å². The zero-order valence-electron chi connectivity index (χ0n) is 12.9. The smallest absolute Gasteiger partial charge is 0.272 e. The fourth-order valence-electron chi connectivity index (χ4n) is 2.17. The number of para-hydroxylation sites is 1. The molecule has 0 aliphatic carbocycles. The molecule has 0 unspecified atom stereocenters. The van der Waals surface area contributed by atoms with E-state index in [9.17, 15) is 9.18 Å². The molecule has 0 atom stereocenters. The molecular formula is C17H18FN3OS. The van der Waals surface area contributed by atoms with Crippen LogP contribution in [0.2, 0.25) is 0 Å². The zero-order chi connectivity index (χ0) is 16.8. The van der Waals surface area contributed by atoms with Crippen molar-refractivity contribution >= 4 is 28.9 Å². The Morgan fingerprint density at radius 3 is 2.57 bits per heavy atom. The maximum Gasteiger partial charge on any atom is 0.272 e. The number of aryl methyl sites for hydroxylation is 2. The number of hydrazine groups is 1. The molecule has 2 aromatic carbocycles. The highest BCUT2D eigenvalue weighted by Crippen LogP contribution is 2.20. The Bertz CT molecular complexity index is 734. The van der Waals surface area contributed by atoms with Gasteiger partial charge >= 0.3 is 0 Å². The van der Waals surface area contributed by atoms with Gasteiger partial charge in [0.05, 0.1) is 5.56 Å². The van der Waals surface area contributed by atoms with Crippen LogP contribution in [-0.2, 0) is 6.42 Å². The van der Waals surface area contributed by atoms with E-state index in [1.165, 1.54) is 18.2 Å². The Kier molecular flexibility index (Phi) is 5.65. The molecule has 6 heteroatoms. The lowest BCUT2D eigenvalue weighted by Crippen LogP contribution is -2.44. The van der Waals surface area contributed by atoms with Gasteiger partial charge in [0.15, 0.2) is 5.11 Å². The standard InChI is InChI=1S/C17H18FN3OS/c1-3-12-8-6-7-11(2)15(12)19-17(23)21-20-16(22)13-9-4-5-10-14(13)18/h4-10H,3H2,1-2H3,(H,20,22)(H2,19,21,23). The van der Waals surface area contributed by atoms with E-state index in [2.05, 4.69) is 23.1 Å². The molecule has 2 rings (SSSR count). The molecule has 0 saturated carbocycles. The SMILES string of the molecule is CCc1cccc(C)c1NC(=S)NNC(=O)c1ccccc1F. The van der Waals surface area contributed by atoms with Gasteiger partial charge in [-0.25, -0.2) is 4.39 Å². The van der Waals surface area contributed by atoms with Crippen LogP contribution in [0, 0.1) is 12.7 Å². The predicted octanol–water partition coefficient (Wildman–Crippen LogP) is 3.33. The quantitative estimate of drug-likeness (QED) is 0.596. The van der Waals surface area contributed by atoms with E-state index in [0.29, 0.717) is 0 Å². The van der Waals surface area contributed by atoms with Gasteiger partial charge in [-0.05, 0) is 48.8 Å². The lowest BCUT2D eigenvalue weighted by Gasteiger charge is -2.16. The molecule has 120 valence electrons. The number of carbonyl (C=O) groups excluding carboxylic acids is 1. The van der Waals surface area contributed by atoms with Gasteiger partial charge in [-0.3, -0.25) is 15.6 Å². The Morgan fingerprint density at radius 2 is 1.87 bits per heavy atom. The summed E-state index contributed by atoms with van der Waals surface area (Å²) < 4.78 is 13.5. The molecule has 4 nitrogen and oxygen atoms in total. The minimum absolute atomic E-state index is 0.0482. The molecule has 0 aromatic heterocycles. The second kappa shape index (κ2) is 7.69. The van der Waals surface area contributed by atoms with E-state index in [0.717, 1.165) is 23.2 Å². The number of rotatable bonds is 3. The molecule has 0 radical (unpaired) electrons. The molecule has 2 aromatic rings. The highest BCUT2D eigenvalue weighted by molar-refractivity contribution is 7.80. The van der Waals surface area contributed by atoms with Crippen LogP contribution in [0.1, 0.15) is 28.4 Å². The molecule has 0 fully saturated rings. The zero-order valence-corrected chi connectivity index (χ0v) is 13.8. The van der Waals surface area contributed by atoms with Crippen LogP contribution < -0.4 is 16.2 Å². The van der Waals surface area contributed by atoms with E-state index < -0.39 is 11.7 Å². The first kappa shape index (κ1) is 16.9. The largest absolute Gasteiger partial charge is 0.331 e. The van der Waals surface area contributed by atoms with Crippen molar-refractivity contribution in [3.8, 4) is 0 Å². The Hall–Kier alpha value is -2.47. The summed E-state index contributed by atoms with van der Waals surface area (Å²) in [6.07, 6.45) is 0.855. The van der Waals surface area contributed by atoms with Crippen LogP contribution in [0.3, 0.4) is 0 Å². The number of hydrogen-bond donors (Lipinski definition) is 3. The third-order valence-corrected chi connectivity index (χ3v) is 3.59. The summed E-state index contributed by atoms with van der Waals surface area (Å²) in [5.74, 6) is -1.18. The lowest BCUT2D eigenvalue weighted by atomic mass is 10.1. The number of thiocarbonyl (C=S) groups is 1. The monoisotopic (exact) mass is 331 g/mol. The van der Waals surface area contributed by atoms with Crippen molar-refractivity contribution in [1.29, 1.82) is 0 Å². The van der Waals surface area contributed by atoms with Crippen LogP contribution in [-0.4, -0.2) is 11.0 Å². The average molecular weight is 331 g/mol. The fraction of sp³-hybridized carbons (Fsp3) is 0.176. The normalized spacial score (nSPS) is 10.0. The van der Waals surface area contributed by atoms with E-state index in [1.54, 1.807) is 6.07 Å². The Labute approximate surface area is 140 Å². The summed E-state index contributed by atoms with van der Waals surface area (Å²) in [7, 11) is 0. The maximum absolute atomic E-state index is 13.5. The molecule has 0 aliphatic rings. The van der Waals surface area contributed by atoms with Crippen molar-refractivity contribution in [1.82, 2.24) is 10.9 Å². The third-order valence-electron chi connectivity index (χ3n) is 3.39. The molecule has 0 aliphatic heterocycles. The van der Waals surface area contributed by atoms with Crippen molar-refractivity contribution in [2.45, 2.75) is 20.3 Å². The van der Waals surface area contributed by atoms with Gasteiger partial charge in [0, 0.05) is 5.69 Å². The van der Waals surface area contributed by atoms with Crippen LogP contribution in [0.25, 0.3) is 0 Å². The Balaban J connectivity index is 1.99. The topological polar surface area (TPSA) is 53.2 Å². The fourth-order valence-corrected chi connectivity index (χ4v) is 2.33. The number of halogens is 1. The third kappa shape index (κ3) is 4.26. The lowest BCUT2D eigenvalue weighted by molar-refractivity contribution is 0.0940. The molecule has 0 spiro atoms. The first-order valence-corrected chi connectivity index (χ1v) is 7.64. The number of anilines is 1. The van der Waals surface area contributed by atoms with Crippen LogP contribution in [0.5, 0.6) is 0 Å². The van der Waals surface area contributed by atoms with Gasteiger partial charge in [-0.1, -0.05) is 37.3 Å². The Morgan fingerprint density at radius 1 is 1.13 bits per heavy atom. The van der Waals surface area contributed by atoms with Gasteiger partial charge in [0.2, 0.25) is 0 Å². The molecule has 1 amide bonds. The van der Waals surface area contributed by atoms with Crippen molar-refractivity contribution < 1.29 is 9.18 Å². The van der Waals surface area contributed by atoms with Crippen LogP contribution >= 0.6 is 12.2 Å². The molecule has 0 heterocycles. The van der Waals surface area contributed by atoms with E-state index >= 15 is 0 Å². The summed E-state index contributed by atoms with van der Waals surface area (Å²) in [5.41, 5.74) is 8.00. The molecule has 0 bridgehead atoms. The van der Waals surface area contributed by atoms with Crippen molar-refractivity contribution in [3.05, 3.63) is 65.0 Å². The maximum atomic E-state index is 13.5. The summed E-state index contributed by atoms with van der Waals surface area (Å²) in [4.78, 5) is 11.9. The van der Waals surface area contributed by atoms with E-state index in [1.807, 2.05) is 25.1 Å². The summed E-state index contributed by atoms with van der Waals surface area (Å²) >= 11 is 5.17. The highest BCUT2D eigenvalue weighted by Gasteiger charge is 2.11. The van der Waals surface area contributed by atoms with Gasteiger partial charge < -0.3 is 5.32 Å².